The largest absolute Gasteiger partial charge is 0.496 e. The predicted molar refractivity (Wildman–Crippen MR) is 137 cm³/mol. The highest BCUT2D eigenvalue weighted by molar-refractivity contribution is 6.04. The first-order chi connectivity index (χ1) is 17.9. The first-order valence-corrected chi connectivity index (χ1v) is 11.6. The molecule has 2 amide bonds. The SMILES string of the molecule is CCOc1ccc(OC)c([C@H]2Nc3ccccc3C(=O)N2NC(=O)c2cc(OC)c(OC)c(OC)c2)c1. The van der Waals surface area contributed by atoms with Crippen LogP contribution in [0.25, 0.3) is 0 Å². The molecular formula is C27H29N3O7. The summed E-state index contributed by atoms with van der Waals surface area (Å²) in [5.41, 5.74) is 4.58. The maximum atomic E-state index is 13.7. The van der Waals surface area contributed by atoms with E-state index < -0.39 is 18.0 Å². The Balaban J connectivity index is 1.78. The lowest BCUT2D eigenvalue weighted by molar-refractivity contribution is 0.0488. The highest BCUT2D eigenvalue weighted by Gasteiger charge is 2.36. The van der Waals surface area contributed by atoms with Crippen molar-refractivity contribution >= 4 is 17.5 Å². The van der Waals surface area contributed by atoms with Gasteiger partial charge in [0.1, 0.15) is 11.5 Å². The van der Waals surface area contributed by atoms with Gasteiger partial charge in [0.2, 0.25) is 5.75 Å². The zero-order chi connectivity index (χ0) is 26.5. The Kier molecular flexibility index (Phi) is 7.57. The minimum Gasteiger partial charge on any atom is -0.496 e. The summed E-state index contributed by atoms with van der Waals surface area (Å²) in [4.78, 5) is 27.1. The third-order valence-electron chi connectivity index (χ3n) is 5.88. The standard InChI is InChI=1S/C27H29N3O7/c1-6-37-17-11-12-21(33-2)19(15-17)25-28-20-10-8-7-9-18(20)27(32)30(25)29-26(31)16-13-22(34-3)24(36-5)23(14-16)35-4/h7-15,25,28H,6H2,1-5H3,(H,29,31)/t25-/m0/s1. The number of hydrogen-bond donors (Lipinski definition) is 2. The molecule has 2 N–H and O–H groups in total. The summed E-state index contributed by atoms with van der Waals surface area (Å²) < 4.78 is 27.4. The normalized spacial score (nSPS) is 14.2. The van der Waals surface area contributed by atoms with Crippen LogP contribution in [0.15, 0.2) is 54.6 Å². The maximum Gasteiger partial charge on any atom is 0.276 e. The molecule has 4 rings (SSSR count). The van der Waals surface area contributed by atoms with E-state index >= 15 is 0 Å². The van der Waals surface area contributed by atoms with E-state index in [0.717, 1.165) is 0 Å². The van der Waals surface area contributed by atoms with Gasteiger partial charge in [-0.3, -0.25) is 15.0 Å². The Morgan fingerprint density at radius 1 is 0.919 bits per heavy atom. The fourth-order valence-corrected chi connectivity index (χ4v) is 4.16. The lowest BCUT2D eigenvalue weighted by atomic mass is 10.0. The number of hydrogen-bond acceptors (Lipinski definition) is 8. The second-order valence-corrected chi connectivity index (χ2v) is 7.96. The molecule has 3 aromatic rings. The van der Waals surface area contributed by atoms with Crippen molar-refractivity contribution in [3.8, 4) is 28.7 Å². The molecule has 0 bridgehead atoms. The molecular weight excluding hydrogens is 478 g/mol. The molecule has 1 aliphatic rings. The van der Waals surface area contributed by atoms with E-state index in [1.807, 2.05) is 13.0 Å². The number of hydrazine groups is 1. The molecule has 37 heavy (non-hydrogen) atoms. The number of fused-ring (bicyclic) bond motifs is 1. The van der Waals surface area contributed by atoms with Crippen LogP contribution < -0.4 is 34.4 Å². The number of carbonyl (C=O) groups excluding carboxylic acids is 2. The lowest BCUT2D eigenvalue weighted by Crippen LogP contribution is -2.53. The highest BCUT2D eigenvalue weighted by atomic mass is 16.5. The van der Waals surface area contributed by atoms with Gasteiger partial charge in [-0.05, 0) is 49.4 Å². The van der Waals surface area contributed by atoms with Crippen LogP contribution in [0.5, 0.6) is 28.7 Å². The zero-order valence-electron chi connectivity index (χ0n) is 21.3. The Morgan fingerprint density at radius 3 is 2.22 bits per heavy atom. The number of amides is 2. The van der Waals surface area contributed by atoms with Crippen molar-refractivity contribution in [1.82, 2.24) is 10.4 Å². The number of benzene rings is 3. The van der Waals surface area contributed by atoms with Crippen molar-refractivity contribution in [3.63, 3.8) is 0 Å². The second-order valence-electron chi connectivity index (χ2n) is 7.96. The van der Waals surface area contributed by atoms with Gasteiger partial charge < -0.3 is 29.0 Å². The van der Waals surface area contributed by atoms with E-state index in [4.69, 9.17) is 23.7 Å². The van der Waals surface area contributed by atoms with Crippen molar-refractivity contribution in [2.45, 2.75) is 13.1 Å². The quantitative estimate of drug-likeness (QED) is 0.447. The van der Waals surface area contributed by atoms with Crippen LogP contribution in [0.3, 0.4) is 0 Å². The number of anilines is 1. The van der Waals surface area contributed by atoms with E-state index in [0.29, 0.717) is 52.2 Å². The summed E-state index contributed by atoms with van der Waals surface area (Å²) in [7, 11) is 5.93. The van der Waals surface area contributed by atoms with E-state index in [1.165, 1.54) is 45.6 Å². The van der Waals surface area contributed by atoms with Crippen molar-refractivity contribution in [1.29, 1.82) is 0 Å². The van der Waals surface area contributed by atoms with Gasteiger partial charge in [0.15, 0.2) is 17.7 Å². The third kappa shape index (κ3) is 4.90. The molecule has 3 aromatic carbocycles. The van der Waals surface area contributed by atoms with Gasteiger partial charge in [0.05, 0.1) is 40.6 Å². The minimum absolute atomic E-state index is 0.204. The van der Waals surface area contributed by atoms with Crippen LogP contribution in [-0.2, 0) is 0 Å². The van der Waals surface area contributed by atoms with Crippen LogP contribution >= 0.6 is 0 Å². The molecule has 1 aliphatic heterocycles. The number of nitrogens with one attached hydrogen (secondary N) is 2. The Labute approximate surface area is 215 Å². The minimum atomic E-state index is -0.802. The van der Waals surface area contributed by atoms with Gasteiger partial charge in [-0.2, -0.15) is 0 Å². The molecule has 0 saturated heterocycles. The van der Waals surface area contributed by atoms with E-state index in [9.17, 15) is 9.59 Å². The average Bonchev–Trinajstić information content (AvgIpc) is 2.93. The van der Waals surface area contributed by atoms with E-state index in [-0.39, 0.29) is 5.56 Å². The average molecular weight is 508 g/mol. The molecule has 1 atom stereocenters. The molecule has 1 heterocycles. The number of ether oxygens (including phenoxy) is 5. The van der Waals surface area contributed by atoms with Crippen LogP contribution in [0, 0.1) is 0 Å². The van der Waals surface area contributed by atoms with Gasteiger partial charge in [0, 0.05) is 16.8 Å². The third-order valence-corrected chi connectivity index (χ3v) is 5.88. The Morgan fingerprint density at radius 2 is 1.59 bits per heavy atom. The van der Waals surface area contributed by atoms with Gasteiger partial charge in [0.25, 0.3) is 11.8 Å². The van der Waals surface area contributed by atoms with Gasteiger partial charge in [-0.25, -0.2) is 5.01 Å². The number of para-hydroxylation sites is 1. The van der Waals surface area contributed by atoms with E-state index in [2.05, 4.69) is 10.7 Å². The topological polar surface area (TPSA) is 108 Å². The molecule has 0 unspecified atom stereocenters. The van der Waals surface area contributed by atoms with Gasteiger partial charge in [-0.15, -0.1) is 0 Å². The van der Waals surface area contributed by atoms with Gasteiger partial charge >= 0.3 is 0 Å². The smallest absolute Gasteiger partial charge is 0.276 e. The molecule has 0 radical (unpaired) electrons. The monoisotopic (exact) mass is 507 g/mol. The van der Waals surface area contributed by atoms with Crippen LogP contribution in [-0.4, -0.2) is 51.9 Å². The van der Waals surface area contributed by atoms with Crippen molar-refractivity contribution in [2.75, 3.05) is 40.4 Å². The maximum absolute atomic E-state index is 13.7. The first-order valence-electron chi connectivity index (χ1n) is 11.6. The highest BCUT2D eigenvalue weighted by Crippen LogP contribution is 2.40. The summed E-state index contributed by atoms with van der Waals surface area (Å²) in [5.74, 6) is 1.12. The second kappa shape index (κ2) is 11.0. The molecule has 194 valence electrons. The predicted octanol–water partition coefficient (Wildman–Crippen LogP) is 4.03. The number of nitrogens with zero attached hydrogens (tertiary/aromatic N) is 1. The zero-order valence-corrected chi connectivity index (χ0v) is 21.3. The van der Waals surface area contributed by atoms with Crippen LogP contribution in [0.4, 0.5) is 5.69 Å². The van der Waals surface area contributed by atoms with Crippen molar-refractivity contribution in [2.24, 2.45) is 0 Å². The molecule has 0 saturated carbocycles. The van der Waals surface area contributed by atoms with Gasteiger partial charge in [-0.1, -0.05) is 12.1 Å². The number of methoxy groups -OCH3 is 4. The van der Waals surface area contributed by atoms with E-state index in [1.54, 1.807) is 36.4 Å². The van der Waals surface area contributed by atoms with Crippen LogP contribution in [0.2, 0.25) is 0 Å². The number of carbonyl (C=O) groups is 2. The molecule has 10 heteroatoms. The van der Waals surface area contributed by atoms with Crippen LogP contribution in [0.1, 0.15) is 39.4 Å². The molecule has 0 aromatic heterocycles. The Hall–Kier alpha value is -4.60. The molecule has 0 aliphatic carbocycles. The number of rotatable bonds is 9. The summed E-state index contributed by atoms with van der Waals surface area (Å²) in [6, 6.07) is 15.4. The molecule has 0 spiro atoms. The Bertz CT molecular complexity index is 1290. The fraction of sp³-hybridized carbons (Fsp3) is 0.259. The molecule has 10 nitrogen and oxygen atoms in total. The van der Waals surface area contributed by atoms with Crippen molar-refractivity contribution < 1.29 is 33.3 Å². The molecule has 0 fully saturated rings. The van der Waals surface area contributed by atoms with Crippen molar-refractivity contribution in [3.05, 3.63) is 71.3 Å². The summed E-state index contributed by atoms with van der Waals surface area (Å²) in [6.45, 7) is 2.35. The first kappa shape index (κ1) is 25.5. The summed E-state index contributed by atoms with van der Waals surface area (Å²) in [6.07, 6.45) is -0.802. The lowest BCUT2D eigenvalue weighted by Gasteiger charge is -2.38. The fourth-order valence-electron chi connectivity index (χ4n) is 4.16. The summed E-state index contributed by atoms with van der Waals surface area (Å²) in [5, 5.41) is 4.58. The summed E-state index contributed by atoms with van der Waals surface area (Å²) >= 11 is 0.